The van der Waals surface area contributed by atoms with Gasteiger partial charge in [-0.15, -0.1) is 0 Å². The zero-order valence-corrected chi connectivity index (χ0v) is 11.6. The smallest absolute Gasteiger partial charge is 0.243 e. The highest BCUT2D eigenvalue weighted by atomic mass is 32.2. The van der Waals surface area contributed by atoms with Crippen LogP contribution in [-0.2, 0) is 10.0 Å². The van der Waals surface area contributed by atoms with Gasteiger partial charge in [-0.1, -0.05) is 6.92 Å². The van der Waals surface area contributed by atoms with E-state index in [1.807, 2.05) is 0 Å². The Hall–Kier alpha value is -1.14. The molecule has 0 amide bonds. The third-order valence-corrected chi connectivity index (χ3v) is 5.26. The van der Waals surface area contributed by atoms with Crippen LogP contribution in [0.1, 0.15) is 19.8 Å². The molecule has 0 aliphatic carbocycles. The van der Waals surface area contributed by atoms with E-state index in [0.29, 0.717) is 29.7 Å². The minimum Gasteiger partial charge on any atom is -0.373 e. The maximum absolute atomic E-state index is 12.4. The molecule has 1 aromatic heterocycles. The number of piperidine rings is 1. The molecule has 1 aromatic rings. The van der Waals surface area contributed by atoms with Gasteiger partial charge in [0.1, 0.15) is 5.82 Å². The monoisotopic (exact) mass is 269 g/mol. The van der Waals surface area contributed by atoms with Gasteiger partial charge in [-0.3, -0.25) is 0 Å². The molecule has 1 fully saturated rings. The summed E-state index contributed by atoms with van der Waals surface area (Å²) in [5, 5.41) is 2.86. The van der Waals surface area contributed by atoms with Gasteiger partial charge in [-0.05, 0) is 24.8 Å². The SMILES string of the molecule is CNc1cc(S(=O)(=O)N2CCC(C)CC2)ccn1. The lowest BCUT2D eigenvalue weighted by Crippen LogP contribution is -2.37. The Kier molecular flexibility index (Phi) is 3.87. The number of anilines is 1. The number of sulfonamides is 1. The predicted molar refractivity (Wildman–Crippen MR) is 70.9 cm³/mol. The fourth-order valence-corrected chi connectivity index (χ4v) is 3.57. The molecule has 1 aliphatic heterocycles. The van der Waals surface area contributed by atoms with E-state index in [-0.39, 0.29) is 0 Å². The van der Waals surface area contributed by atoms with Crippen LogP contribution in [0.3, 0.4) is 0 Å². The molecular weight excluding hydrogens is 250 g/mol. The highest BCUT2D eigenvalue weighted by Crippen LogP contribution is 2.24. The first-order valence-electron chi connectivity index (χ1n) is 6.18. The standard InChI is InChI=1S/C12H19N3O2S/c1-10-4-7-15(8-5-10)18(16,17)11-3-6-14-12(9-11)13-2/h3,6,9-10H,4-5,7-8H2,1-2H3,(H,13,14). The van der Waals surface area contributed by atoms with Crippen LogP contribution in [0, 0.1) is 5.92 Å². The van der Waals surface area contributed by atoms with Crippen molar-refractivity contribution in [2.45, 2.75) is 24.7 Å². The summed E-state index contributed by atoms with van der Waals surface area (Å²) in [5.74, 6) is 1.18. The van der Waals surface area contributed by atoms with Crippen molar-refractivity contribution < 1.29 is 8.42 Å². The second kappa shape index (κ2) is 5.24. The van der Waals surface area contributed by atoms with E-state index in [1.165, 1.54) is 6.20 Å². The Morgan fingerprint density at radius 1 is 1.39 bits per heavy atom. The van der Waals surface area contributed by atoms with E-state index in [0.717, 1.165) is 12.8 Å². The third-order valence-electron chi connectivity index (χ3n) is 3.37. The van der Waals surface area contributed by atoms with Gasteiger partial charge in [0.2, 0.25) is 10.0 Å². The number of hydrogen-bond donors (Lipinski definition) is 1. The average molecular weight is 269 g/mol. The van der Waals surface area contributed by atoms with E-state index in [9.17, 15) is 8.42 Å². The summed E-state index contributed by atoms with van der Waals surface area (Å²) in [5.41, 5.74) is 0. The van der Waals surface area contributed by atoms with Crippen LogP contribution in [0.25, 0.3) is 0 Å². The Bertz CT molecular complexity index is 508. The Morgan fingerprint density at radius 2 is 2.06 bits per heavy atom. The van der Waals surface area contributed by atoms with E-state index < -0.39 is 10.0 Å². The first kappa shape index (κ1) is 13.3. The van der Waals surface area contributed by atoms with Crippen LogP contribution in [-0.4, -0.2) is 37.8 Å². The maximum Gasteiger partial charge on any atom is 0.243 e. The van der Waals surface area contributed by atoms with Gasteiger partial charge in [-0.25, -0.2) is 13.4 Å². The molecule has 5 nitrogen and oxygen atoms in total. The summed E-state index contributed by atoms with van der Waals surface area (Å²) in [6.07, 6.45) is 3.39. The minimum atomic E-state index is -3.36. The maximum atomic E-state index is 12.4. The molecule has 0 unspecified atom stereocenters. The minimum absolute atomic E-state index is 0.316. The quantitative estimate of drug-likeness (QED) is 0.904. The molecule has 1 saturated heterocycles. The molecule has 18 heavy (non-hydrogen) atoms. The van der Waals surface area contributed by atoms with Crippen LogP contribution in [0.15, 0.2) is 23.2 Å². The fraction of sp³-hybridized carbons (Fsp3) is 0.583. The van der Waals surface area contributed by atoms with Crippen molar-refractivity contribution >= 4 is 15.8 Å². The van der Waals surface area contributed by atoms with E-state index in [1.54, 1.807) is 23.5 Å². The van der Waals surface area contributed by atoms with Crippen LogP contribution in [0.2, 0.25) is 0 Å². The number of hydrogen-bond acceptors (Lipinski definition) is 4. The highest BCUT2D eigenvalue weighted by molar-refractivity contribution is 7.89. The molecular formula is C12H19N3O2S. The van der Waals surface area contributed by atoms with Gasteiger partial charge >= 0.3 is 0 Å². The van der Waals surface area contributed by atoms with Crippen molar-refractivity contribution in [1.29, 1.82) is 0 Å². The van der Waals surface area contributed by atoms with Crippen molar-refractivity contribution in [1.82, 2.24) is 9.29 Å². The molecule has 1 N–H and O–H groups in total. The van der Waals surface area contributed by atoms with E-state index in [2.05, 4.69) is 17.2 Å². The lowest BCUT2D eigenvalue weighted by molar-refractivity contribution is 0.288. The Labute approximate surface area is 108 Å². The lowest BCUT2D eigenvalue weighted by atomic mass is 10.0. The van der Waals surface area contributed by atoms with E-state index >= 15 is 0 Å². The number of nitrogens with zero attached hydrogens (tertiary/aromatic N) is 2. The summed E-state index contributed by atoms with van der Waals surface area (Å²) < 4.78 is 26.4. The summed E-state index contributed by atoms with van der Waals surface area (Å²) in [6.45, 7) is 3.39. The summed E-state index contributed by atoms with van der Waals surface area (Å²) in [7, 11) is -1.64. The van der Waals surface area contributed by atoms with Crippen molar-refractivity contribution in [2.24, 2.45) is 5.92 Å². The molecule has 0 bridgehead atoms. The largest absolute Gasteiger partial charge is 0.373 e. The van der Waals surface area contributed by atoms with Gasteiger partial charge in [0.15, 0.2) is 0 Å². The Balaban J connectivity index is 2.24. The van der Waals surface area contributed by atoms with Crippen molar-refractivity contribution in [3.8, 4) is 0 Å². The molecule has 0 spiro atoms. The second-order valence-corrected chi connectivity index (χ2v) is 6.65. The molecule has 6 heteroatoms. The van der Waals surface area contributed by atoms with Gasteiger partial charge in [-0.2, -0.15) is 4.31 Å². The second-order valence-electron chi connectivity index (χ2n) is 4.71. The normalized spacial score (nSPS) is 18.8. The average Bonchev–Trinajstić information content (AvgIpc) is 2.39. The van der Waals surface area contributed by atoms with Crippen LogP contribution >= 0.6 is 0 Å². The van der Waals surface area contributed by atoms with Crippen molar-refractivity contribution in [3.63, 3.8) is 0 Å². The molecule has 2 heterocycles. The molecule has 1 aliphatic rings. The van der Waals surface area contributed by atoms with Crippen molar-refractivity contribution in [2.75, 3.05) is 25.5 Å². The molecule has 0 radical (unpaired) electrons. The van der Waals surface area contributed by atoms with E-state index in [4.69, 9.17) is 0 Å². The van der Waals surface area contributed by atoms with Gasteiger partial charge in [0, 0.05) is 32.4 Å². The van der Waals surface area contributed by atoms with Crippen LogP contribution in [0.5, 0.6) is 0 Å². The number of rotatable bonds is 3. The molecule has 100 valence electrons. The van der Waals surface area contributed by atoms with Gasteiger partial charge in [0.25, 0.3) is 0 Å². The first-order valence-corrected chi connectivity index (χ1v) is 7.62. The third kappa shape index (κ3) is 2.64. The lowest BCUT2D eigenvalue weighted by Gasteiger charge is -2.29. The number of aromatic nitrogens is 1. The molecule has 0 saturated carbocycles. The summed E-state index contributed by atoms with van der Waals surface area (Å²) in [6, 6.07) is 3.13. The topological polar surface area (TPSA) is 62.3 Å². The fourth-order valence-electron chi connectivity index (χ4n) is 2.08. The first-order chi connectivity index (χ1) is 8.54. The molecule has 2 rings (SSSR count). The zero-order valence-electron chi connectivity index (χ0n) is 10.8. The Morgan fingerprint density at radius 3 is 2.67 bits per heavy atom. The van der Waals surface area contributed by atoms with Crippen LogP contribution in [0.4, 0.5) is 5.82 Å². The zero-order chi connectivity index (χ0) is 13.2. The van der Waals surface area contributed by atoms with Crippen LogP contribution < -0.4 is 5.32 Å². The van der Waals surface area contributed by atoms with Crippen molar-refractivity contribution in [3.05, 3.63) is 18.3 Å². The van der Waals surface area contributed by atoms with Gasteiger partial charge < -0.3 is 5.32 Å². The predicted octanol–water partition coefficient (Wildman–Crippen LogP) is 1.54. The number of pyridine rings is 1. The van der Waals surface area contributed by atoms with Gasteiger partial charge in [0.05, 0.1) is 4.90 Å². The summed E-state index contributed by atoms with van der Waals surface area (Å²) >= 11 is 0. The summed E-state index contributed by atoms with van der Waals surface area (Å²) in [4.78, 5) is 4.35. The molecule has 0 aromatic carbocycles. The number of nitrogens with one attached hydrogen (secondary N) is 1. The highest BCUT2D eigenvalue weighted by Gasteiger charge is 2.28. The molecule has 0 atom stereocenters.